The predicted molar refractivity (Wildman–Crippen MR) is 80.4 cm³/mol. The average molecular weight is 254 g/mol. The molecule has 100 valence electrons. The van der Waals surface area contributed by atoms with Crippen LogP contribution >= 0.6 is 0 Å². The van der Waals surface area contributed by atoms with Gasteiger partial charge in [-0.1, -0.05) is 25.1 Å². The SMILES string of the molecule is CNC(c1c(C)cccc1C)C(C)c1ccncc1. The maximum Gasteiger partial charge on any atom is 0.0389 e. The van der Waals surface area contributed by atoms with Gasteiger partial charge in [-0.3, -0.25) is 4.98 Å². The summed E-state index contributed by atoms with van der Waals surface area (Å²) in [6, 6.07) is 11.0. The van der Waals surface area contributed by atoms with Crippen LogP contribution in [0.2, 0.25) is 0 Å². The number of likely N-dealkylation sites (N-methyl/N-ethyl adjacent to an activating group) is 1. The van der Waals surface area contributed by atoms with Crippen molar-refractivity contribution in [1.82, 2.24) is 10.3 Å². The molecule has 0 saturated heterocycles. The second kappa shape index (κ2) is 5.98. The second-order valence-corrected chi connectivity index (χ2v) is 5.14. The highest BCUT2D eigenvalue weighted by Crippen LogP contribution is 2.33. The molecule has 0 fully saturated rings. The number of nitrogens with zero attached hydrogens (tertiary/aromatic N) is 1. The van der Waals surface area contributed by atoms with Gasteiger partial charge in [0, 0.05) is 24.4 Å². The van der Waals surface area contributed by atoms with E-state index >= 15 is 0 Å². The molecule has 1 N–H and O–H groups in total. The normalized spacial score (nSPS) is 14.1. The number of rotatable bonds is 4. The van der Waals surface area contributed by atoms with Crippen LogP contribution < -0.4 is 5.32 Å². The van der Waals surface area contributed by atoms with Gasteiger partial charge in [0.2, 0.25) is 0 Å². The fourth-order valence-electron chi connectivity index (χ4n) is 2.82. The number of hydrogen-bond donors (Lipinski definition) is 1. The number of aromatic nitrogens is 1. The molecule has 0 radical (unpaired) electrons. The third kappa shape index (κ3) is 2.85. The van der Waals surface area contributed by atoms with Gasteiger partial charge in [0.05, 0.1) is 0 Å². The van der Waals surface area contributed by atoms with E-state index in [1.807, 2.05) is 19.4 Å². The van der Waals surface area contributed by atoms with E-state index in [0.29, 0.717) is 12.0 Å². The Kier molecular flexibility index (Phi) is 4.33. The first-order valence-corrected chi connectivity index (χ1v) is 6.78. The Morgan fingerprint density at radius 1 is 1.00 bits per heavy atom. The molecule has 2 nitrogen and oxygen atoms in total. The van der Waals surface area contributed by atoms with E-state index in [9.17, 15) is 0 Å². The second-order valence-electron chi connectivity index (χ2n) is 5.14. The van der Waals surface area contributed by atoms with Crippen LogP contribution in [0.3, 0.4) is 0 Å². The lowest BCUT2D eigenvalue weighted by molar-refractivity contribution is 0.503. The van der Waals surface area contributed by atoms with Crippen molar-refractivity contribution in [3.63, 3.8) is 0 Å². The summed E-state index contributed by atoms with van der Waals surface area (Å²) in [7, 11) is 2.04. The molecular weight excluding hydrogens is 232 g/mol. The average Bonchev–Trinajstić information content (AvgIpc) is 2.43. The molecule has 0 saturated carbocycles. The van der Waals surface area contributed by atoms with Crippen molar-refractivity contribution in [2.45, 2.75) is 32.7 Å². The Morgan fingerprint density at radius 2 is 1.58 bits per heavy atom. The molecular formula is C17H22N2. The summed E-state index contributed by atoms with van der Waals surface area (Å²) >= 11 is 0. The van der Waals surface area contributed by atoms with Crippen LogP contribution in [-0.2, 0) is 0 Å². The van der Waals surface area contributed by atoms with Crippen molar-refractivity contribution >= 4 is 0 Å². The van der Waals surface area contributed by atoms with Gasteiger partial charge in [-0.15, -0.1) is 0 Å². The first-order valence-electron chi connectivity index (χ1n) is 6.78. The fourth-order valence-corrected chi connectivity index (χ4v) is 2.82. The number of nitrogens with one attached hydrogen (secondary N) is 1. The van der Waals surface area contributed by atoms with Crippen molar-refractivity contribution in [1.29, 1.82) is 0 Å². The lowest BCUT2D eigenvalue weighted by Crippen LogP contribution is -2.24. The number of pyridine rings is 1. The lowest BCUT2D eigenvalue weighted by atomic mass is 9.85. The molecule has 0 aliphatic rings. The molecule has 0 spiro atoms. The molecule has 2 unspecified atom stereocenters. The summed E-state index contributed by atoms with van der Waals surface area (Å²) in [6.07, 6.45) is 3.73. The van der Waals surface area contributed by atoms with E-state index in [1.54, 1.807) is 0 Å². The third-order valence-corrected chi connectivity index (χ3v) is 3.90. The Morgan fingerprint density at radius 3 is 2.11 bits per heavy atom. The van der Waals surface area contributed by atoms with Gasteiger partial charge in [0.15, 0.2) is 0 Å². The minimum Gasteiger partial charge on any atom is -0.312 e. The standard InChI is InChI=1S/C17H22N2/c1-12-6-5-7-13(2)16(12)17(18-4)14(3)15-8-10-19-11-9-15/h5-11,14,17-18H,1-4H3. The molecule has 2 rings (SSSR count). The molecule has 0 bridgehead atoms. The zero-order chi connectivity index (χ0) is 13.8. The van der Waals surface area contributed by atoms with E-state index < -0.39 is 0 Å². The van der Waals surface area contributed by atoms with Crippen molar-refractivity contribution in [3.8, 4) is 0 Å². The maximum absolute atomic E-state index is 4.10. The van der Waals surface area contributed by atoms with Gasteiger partial charge in [0.25, 0.3) is 0 Å². The number of hydrogen-bond acceptors (Lipinski definition) is 2. The third-order valence-electron chi connectivity index (χ3n) is 3.90. The Bertz CT molecular complexity index is 514. The summed E-state index contributed by atoms with van der Waals surface area (Å²) in [5.41, 5.74) is 5.42. The highest BCUT2D eigenvalue weighted by molar-refractivity contribution is 5.38. The molecule has 0 aliphatic heterocycles. The zero-order valence-electron chi connectivity index (χ0n) is 12.1. The van der Waals surface area contributed by atoms with E-state index in [0.717, 1.165) is 0 Å². The van der Waals surface area contributed by atoms with Gasteiger partial charge < -0.3 is 5.32 Å². The van der Waals surface area contributed by atoms with E-state index in [2.05, 4.69) is 61.4 Å². The smallest absolute Gasteiger partial charge is 0.0389 e. The molecule has 2 heteroatoms. The summed E-state index contributed by atoms with van der Waals surface area (Å²) in [6.45, 7) is 6.64. The zero-order valence-corrected chi connectivity index (χ0v) is 12.1. The van der Waals surface area contributed by atoms with Crippen LogP contribution in [0.1, 0.15) is 41.1 Å². The van der Waals surface area contributed by atoms with E-state index in [1.165, 1.54) is 22.3 Å². The Labute approximate surface area is 115 Å². The predicted octanol–water partition coefficient (Wildman–Crippen LogP) is 3.76. The Hall–Kier alpha value is -1.67. The van der Waals surface area contributed by atoms with Crippen LogP contribution in [-0.4, -0.2) is 12.0 Å². The maximum atomic E-state index is 4.10. The minimum absolute atomic E-state index is 0.323. The summed E-state index contributed by atoms with van der Waals surface area (Å²) < 4.78 is 0. The van der Waals surface area contributed by atoms with E-state index in [4.69, 9.17) is 0 Å². The minimum atomic E-state index is 0.323. The molecule has 1 aromatic heterocycles. The molecule has 2 atom stereocenters. The summed E-state index contributed by atoms with van der Waals surface area (Å²) in [5, 5.41) is 3.48. The monoisotopic (exact) mass is 254 g/mol. The van der Waals surface area contributed by atoms with Gasteiger partial charge in [-0.05, 0) is 55.3 Å². The first kappa shape index (κ1) is 13.8. The molecule has 2 aromatic rings. The van der Waals surface area contributed by atoms with Gasteiger partial charge in [-0.25, -0.2) is 0 Å². The molecule has 0 aliphatic carbocycles. The topological polar surface area (TPSA) is 24.9 Å². The van der Waals surface area contributed by atoms with Gasteiger partial charge in [-0.2, -0.15) is 0 Å². The van der Waals surface area contributed by atoms with Crippen LogP contribution in [0, 0.1) is 13.8 Å². The van der Waals surface area contributed by atoms with Gasteiger partial charge >= 0.3 is 0 Å². The lowest BCUT2D eigenvalue weighted by Gasteiger charge is -2.27. The van der Waals surface area contributed by atoms with E-state index in [-0.39, 0.29) is 0 Å². The van der Waals surface area contributed by atoms with Crippen molar-refractivity contribution < 1.29 is 0 Å². The number of aryl methyl sites for hydroxylation is 2. The first-order chi connectivity index (χ1) is 9.15. The van der Waals surface area contributed by atoms with Crippen molar-refractivity contribution in [2.75, 3.05) is 7.05 Å². The van der Waals surface area contributed by atoms with Crippen LogP contribution in [0.5, 0.6) is 0 Å². The molecule has 1 aromatic carbocycles. The van der Waals surface area contributed by atoms with Crippen molar-refractivity contribution in [3.05, 3.63) is 65.0 Å². The van der Waals surface area contributed by atoms with Crippen molar-refractivity contribution in [2.24, 2.45) is 0 Å². The quantitative estimate of drug-likeness (QED) is 0.898. The molecule has 1 heterocycles. The van der Waals surface area contributed by atoms with Gasteiger partial charge in [0.1, 0.15) is 0 Å². The molecule has 0 amide bonds. The largest absolute Gasteiger partial charge is 0.312 e. The fraction of sp³-hybridized carbons (Fsp3) is 0.353. The Balaban J connectivity index is 2.40. The number of benzene rings is 1. The summed E-state index contributed by atoms with van der Waals surface area (Å²) in [4.78, 5) is 4.10. The van der Waals surface area contributed by atoms with Crippen LogP contribution in [0.25, 0.3) is 0 Å². The highest BCUT2D eigenvalue weighted by atomic mass is 14.9. The van der Waals surface area contributed by atoms with Crippen LogP contribution in [0.4, 0.5) is 0 Å². The summed E-state index contributed by atoms with van der Waals surface area (Å²) in [5.74, 6) is 0.410. The molecule has 19 heavy (non-hydrogen) atoms. The highest BCUT2D eigenvalue weighted by Gasteiger charge is 2.22. The van der Waals surface area contributed by atoms with Crippen LogP contribution in [0.15, 0.2) is 42.7 Å².